The monoisotopic (exact) mass is 459 g/mol. The molecule has 1 heterocycles. The molecule has 0 N–H and O–H groups in total. The van der Waals surface area contributed by atoms with Crippen molar-refractivity contribution in [2.75, 3.05) is 0 Å². The van der Waals surface area contributed by atoms with E-state index in [1.807, 2.05) is 18.2 Å². The molecule has 0 bridgehead atoms. The molecule has 0 atom stereocenters. The first-order valence-corrected chi connectivity index (χ1v) is 12.3. The highest BCUT2D eigenvalue weighted by Crippen LogP contribution is 2.32. The van der Waals surface area contributed by atoms with Crippen LogP contribution in [0.4, 0.5) is 0 Å². The summed E-state index contributed by atoms with van der Waals surface area (Å²) in [7, 11) is 0. The molecule has 176 valence electrons. The van der Waals surface area contributed by atoms with Crippen molar-refractivity contribution in [3.05, 3.63) is 112 Å². The number of hydrogen-bond acceptors (Lipinski definition) is 1. The predicted octanol–water partition coefficient (Wildman–Crippen LogP) is 8.41. The van der Waals surface area contributed by atoms with Crippen molar-refractivity contribution >= 4 is 21.8 Å². The van der Waals surface area contributed by atoms with E-state index in [4.69, 9.17) is 0 Å². The van der Waals surface area contributed by atoms with Crippen LogP contribution in [0.1, 0.15) is 52.7 Å². The standard InChI is InChI=1S/C33H33NO/c1-32(2,3)24-14-18-27-29(20-24)34(26-16-12-23(13-17-26)22-10-8-7-9-11-22)30-21-25(33(4,5)6)15-19-28(30)31(27)35/h7-21H,1-6H3. The van der Waals surface area contributed by atoms with Crippen LogP contribution in [0.5, 0.6) is 0 Å². The van der Waals surface area contributed by atoms with Gasteiger partial charge in [-0.1, -0.05) is 96.1 Å². The van der Waals surface area contributed by atoms with Crippen molar-refractivity contribution < 1.29 is 0 Å². The maximum Gasteiger partial charge on any atom is 0.197 e. The van der Waals surface area contributed by atoms with E-state index in [2.05, 4.69) is 119 Å². The molecule has 0 saturated heterocycles. The summed E-state index contributed by atoms with van der Waals surface area (Å²) in [6.45, 7) is 13.3. The van der Waals surface area contributed by atoms with Crippen molar-refractivity contribution in [1.29, 1.82) is 0 Å². The van der Waals surface area contributed by atoms with Gasteiger partial charge in [0.05, 0.1) is 11.0 Å². The molecule has 5 aromatic rings. The second-order valence-electron chi connectivity index (χ2n) is 11.5. The number of aromatic nitrogens is 1. The lowest BCUT2D eigenvalue weighted by atomic mass is 9.85. The van der Waals surface area contributed by atoms with Crippen LogP contribution in [-0.2, 0) is 10.8 Å². The summed E-state index contributed by atoms with van der Waals surface area (Å²) in [5, 5.41) is 1.50. The van der Waals surface area contributed by atoms with Gasteiger partial charge in [-0.15, -0.1) is 0 Å². The van der Waals surface area contributed by atoms with Crippen LogP contribution in [0.2, 0.25) is 0 Å². The lowest BCUT2D eigenvalue weighted by molar-refractivity contribution is 0.590. The summed E-state index contributed by atoms with van der Waals surface area (Å²) in [6, 6.07) is 31.7. The van der Waals surface area contributed by atoms with Gasteiger partial charge in [-0.3, -0.25) is 4.79 Å². The maximum atomic E-state index is 13.6. The zero-order chi connectivity index (χ0) is 25.0. The summed E-state index contributed by atoms with van der Waals surface area (Å²) < 4.78 is 2.27. The van der Waals surface area contributed by atoms with Crippen LogP contribution in [0, 0.1) is 0 Å². The normalized spacial score (nSPS) is 12.4. The van der Waals surface area contributed by atoms with Gasteiger partial charge in [-0.2, -0.15) is 0 Å². The molecule has 0 aliphatic heterocycles. The molecule has 4 aromatic carbocycles. The summed E-state index contributed by atoms with van der Waals surface area (Å²) >= 11 is 0. The number of rotatable bonds is 2. The van der Waals surface area contributed by atoms with E-state index < -0.39 is 0 Å². The minimum absolute atomic E-state index is 0.0194. The number of pyridine rings is 1. The van der Waals surface area contributed by atoms with Crippen molar-refractivity contribution in [3.63, 3.8) is 0 Å². The molecule has 0 fully saturated rings. The Morgan fingerprint density at radius 1 is 0.543 bits per heavy atom. The molecule has 0 spiro atoms. The molecule has 0 amide bonds. The first-order chi connectivity index (χ1) is 16.5. The van der Waals surface area contributed by atoms with E-state index in [9.17, 15) is 4.79 Å². The maximum absolute atomic E-state index is 13.6. The largest absolute Gasteiger partial charge is 0.309 e. The van der Waals surface area contributed by atoms with Gasteiger partial charge >= 0.3 is 0 Å². The minimum atomic E-state index is -0.0194. The number of benzene rings is 4. The zero-order valence-electron chi connectivity index (χ0n) is 21.5. The van der Waals surface area contributed by atoms with Crippen LogP contribution in [0.25, 0.3) is 38.6 Å². The summed E-state index contributed by atoms with van der Waals surface area (Å²) in [5.74, 6) is 0. The Bertz CT molecular complexity index is 1510. The molecule has 2 heteroatoms. The third-order valence-electron chi connectivity index (χ3n) is 6.93. The Labute approximate surface area is 207 Å². The number of fused-ring (bicyclic) bond motifs is 2. The topological polar surface area (TPSA) is 22.0 Å². The van der Waals surface area contributed by atoms with E-state index in [-0.39, 0.29) is 16.3 Å². The number of hydrogen-bond donors (Lipinski definition) is 0. The highest BCUT2D eigenvalue weighted by Gasteiger charge is 2.20. The van der Waals surface area contributed by atoms with E-state index in [1.54, 1.807) is 0 Å². The third kappa shape index (κ3) is 4.18. The highest BCUT2D eigenvalue weighted by molar-refractivity contribution is 5.96. The Kier molecular flexibility index (Phi) is 5.44. The van der Waals surface area contributed by atoms with Gasteiger partial charge in [0.15, 0.2) is 5.43 Å². The van der Waals surface area contributed by atoms with Crippen LogP contribution < -0.4 is 5.43 Å². The Hall–Kier alpha value is -3.65. The van der Waals surface area contributed by atoms with Gasteiger partial charge < -0.3 is 4.57 Å². The summed E-state index contributed by atoms with van der Waals surface area (Å²) in [6.07, 6.45) is 0. The molecule has 0 aliphatic rings. The molecule has 5 rings (SSSR count). The van der Waals surface area contributed by atoms with Crippen molar-refractivity contribution in [1.82, 2.24) is 4.57 Å². The molecule has 0 radical (unpaired) electrons. The Balaban J connectivity index is 1.86. The van der Waals surface area contributed by atoms with Gasteiger partial charge in [0.25, 0.3) is 0 Å². The SMILES string of the molecule is CC(C)(C)c1ccc2c(=O)c3ccc(C(C)(C)C)cc3n(-c3ccc(-c4ccccc4)cc3)c2c1. The summed E-state index contributed by atoms with van der Waals surface area (Å²) in [5.41, 5.74) is 7.80. The molecule has 0 unspecified atom stereocenters. The average molecular weight is 460 g/mol. The summed E-state index contributed by atoms with van der Waals surface area (Å²) in [4.78, 5) is 13.6. The molecule has 2 nitrogen and oxygen atoms in total. The zero-order valence-corrected chi connectivity index (χ0v) is 21.5. The van der Waals surface area contributed by atoms with Crippen molar-refractivity contribution in [2.24, 2.45) is 0 Å². The average Bonchev–Trinajstić information content (AvgIpc) is 2.83. The second-order valence-corrected chi connectivity index (χ2v) is 11.5. The smallest absolute Gasteiger partial charge is 0.197 e. The van der Waals surface area contributed by atoms with E-state index in [0.717, 1.165) is 27.5 Å². The molecule has 35 heavy (non-hydrogen) atoms. The first kappa shape index (κ1) is 23.1. The fourth-order valence-electron chi connectivity index (χ4n) is 4.74. The van der Waals surface area contributed by atoms with Gasteiger partial charge in [-0.25, -0.2) is 0 Å². The first-order valence-electron chi connectivity index (χ1n) is 12.3. The van der Waals surface area contributed by atoms with Crippen LogP contribution in [0.15, 0.2) is 95.8 Å². The van der Waals surface area contributed by atoms with Crippen molar-refractivity contribution in [2.45, 2.75) is 52.4 Å². The van der Waals surface area contributed by atoms with Crippen LogP contribution >= 0.6 is 0 Å². The van der Waals surface area contributed by atoms with E-state index >= 15 is 0 Å². The quantitative estimate of drug-likeness (QED) is 0.243. The lowest BCUT2D eigenvalue weighted by Gasteiger charge is -2.24. The number of nitrogens with zero attached hydrogens (tertiary/aromatic N) is 1. The minimum Gasteiger partial charge on any atom is -0.309 e. The predicted molar refractivity (Wildman–Crippen MR) is 150 cm³/mol. The lowest BCUT2D eigenvalue weighted by Crippen LogP contribution is -2.16. The van der Waals surface area contributed by atoms with Crippen molar-refractivity contribution in [3.8, 4) is 16.8 Å². The third-order valence-corrected chi connectivity index (χ3v) is 6.93. The van der Waals surface area contributed by atoms with E-state index in [0.29, 0.717) is 0 Å². The molecule has 0 aliphatic carbocycles. The Morgan fingerprint density at radius 3 is 1.46 bits per heavy atom. The van der Waals surface area contributed by atoms with Gasteiger partial charge in [-0.05, 0) is 69.5 Å². The van der Waals surface area contributed by atoms with Crippen LogP contribution in [-0.4, -0.2) is 4.57 Å². The molecular weight excluding hydrogens is 426 g/mol. The van der Waals surface area contributed by atoms with Gasteiger partial charge in [0, 0.05) is 16.5 Å². The molecular formula is C33H33NO. The molecule has 1 aromatic heterocycles. The van der Waals surface area contributed by atoms with Gasteiger partial charge in [0.1, 0.15) is 0 Å². The molecule has 0 saturated carbocycles. The Morgan fingerprint density at radius 2 is 1.00 bits per heavy atom. The second kappa shape index (κ2) is 8.23. The fraction of sp³-hybridized carbons (Fsp3) is 0.242. The fourth-order valence-corrected chi connectivity index (χ4v) is 4.74. The highest BCUT2D eigenvalue weighted by atomic mass is 16.1. The van der Waals surface area contributed by atoms with Gasteiger partial charge in [0.2, 0.25) is 0 Å². The van der Waals surface area contributed by atoms with E-state index in [1.165, 1.54) is 22.3 Å². The van der Waals surface area contributed by atoms with Crippen LogP contribution in [0.3, 0.4) is 0 Å².